The van der Waals surface area contributed by atoms with E-state index in [1.54, 1.807) is 0 Å². The van der Waals surface area contributed by atoms with E-state index < -0.39 is 23.8 Å². The van der Waals surface area contributed by atoms with Gasteiger partial charge in [-0.15, -0.1) is 0 Å². The van der Waals surface area contributed by atoms with Crippen LogP contribution in [0.4, 0.5) is 0 Å². The molecule has 3 fully saturated rings. The molecule has 4 atom stereocenters. The largest absolute Gasteiger partial charge is 0.387 e. The second-order valence-corrected chi connectivity index (χ2v) is 11.6. The molecule has 0 aromatic heterocycles. The van der Waals surface area contributed by atoms with Gasteiger partial charge in [-0.1, -0.05) is 77.6 Å². The summed E-state index contributed by atoms with van der Waals surface area (Å²) >= 11 is 0. The van der Waals surface area contributed by atoms with Crippen LogP contribution in [0, 0.1) is 0 Å². The van der Waals surface area contributed by atoms with Crippen LogP contribution >= 0.6 is 0 Å². The van der Waals surface area contributed by atoms with E-state index in [1.807, 2.05) is 13.8 Å². The fraction of sp³-hybridized carbons (Fsp3) is 1.00. The van der Waals surface area contributed by atoms with Gasteiger partial charge in [0.25, 0.3) is 0 Å². The molecule has 3 aliphatic rings. The first-order valence-corrected chi connectivity index (χ1v) is 15.0. The minimum atomic E-state index is -0.991. The van der Waals surface area contributed by atoms with Gasteiger partial charge in [0.05, 0.1) is 6.10 Å². The molecule has 3 heterocycles. The van der Waals surface area contributed by atoms with Gasteiger partial charge in [0.2, 0.25) is 5.79 Å². The first kappa shape index (κ1) is 29.3. The number of hydrogen-bond donors (Lipinski definition) is 1. The fourth-order valence-electron chi connectivity index (χ4n) is 5.99. The van der Waals surface area contributed by atoms with Crippen molar-refractivity contribution in [2.45, 2.75) is 153 Å². The Morgan fingerprint density at radius 1 is 0.829 bits per heavy atom. The third kappa shape index (κ3) is 9.54. The summed E-state index contributed by atoms with van der Waals surface area (Å²) in [6.45, 7) is 10.5. The van der Waals surface area contributed by atoms with Gasteiger partial charge in [-0.3, -0.25) is 0 Å². The summed E-state index contributed by atoms with van der Waals surface area (Å²) < 4.78 is 24.8. The average molecular weight is 498 g/mol. The highest BCUT2D eigenvalue weighted by molar-refractivity contribution is 5.02. The molecule has 0 aromatic carbocycles. The Balaban J connectivity index is 1.33. The number of aliphatic hydroxyl groups is 1. The molecule has 35 heavy (non-hydrogen) atoms. The van der Waals surface area contributed by atoms with E-state index in [1.165, 1.54) is 96.6 Å². The van der Waals surface area contributed by atoms with E-state index in [9.17, 15) is 5.11 Å². The first-order valence-electron chi connectivity index (χ1n) is 15.0. The Bertz CT molecular complexity index is 565. The summed E-state index contributed by atoms with van der Waals surface area (Å²) in [6, 6.07) is 0. The smallest absolute Gasteiger partial charge is 0.224 e. The third-order valence-electron chi connectivity index (χ3n) is 7.91. The van der Waals surface area contributed by atoms with E-state index >= 15 is 0 Å². The van der Waals surface area contributed by atoms with Crippen LogP contribution < -0.4 is 0 Å². The van der Waals surface area contributed by atoms with E-state index in [-0.39, 0.29) is 6.10 Å². The van der Waals surface area contributed by atoms with Crippen LogP contribution in [-0.2, 0) is 18.9 Å². The van der Waals surface area contributed by atoms with Crippen molar-refractivity contribution in [1.29, 1.82) is 0 Å². The van der Waals surface area contributed by atoms with Crippen molar-refractivity contribution >= 4 is 0 Å². The molecule has 0 aromatic rings. The van der Waals surface area contributed by atoms with E-state index in [2.05, 4.69) is 11.8 Å². The zero-order valence-electron chi connectivity index (χ0n) is 23.1. The van der Waals surface area contributed by atoms with Crippen molar-refractivity contribution in [3.05, 3.63) is 0 Å². The average Bonchev–Trinajstić information content (AvgIpc) is 3.07. The Morgan fingerprint density at radius 3 is 2.11 bits per heavy atom. The minimum absolute atomic E-state index is 0.260. The van der Waals surface area contributed by atoms with E-state index in [0.717, 1.165) is 25.8 Å². The molecule has 0 unspecified atom stereocenters. The standard InChI is InChI=1S/C29H55NO5/c1-4-5-6-7-8-9-10-11-14-17-23-32-24-29-27(34-28(2,3)35-29)26(31)25(33-29)19-18-22-30-20-15-12-13-16-21-30/h25-27,31H,4-24H2,1-3H3/t25-,26+,27-,29-/m0/s1. The summed E-state index contributed by atoms with van der Waals surface area (Å²) in [6.07, 6.45) is 18.8. The molecular formula is C29H55NO5. The lowest BCUT2D eigenvalue weighted by Crippen LogP contribution is -2.45. The number of nitrogens with zero attached hydrogens (tertiary/aromatic N) is 1. The molecule has 0 spiro atoms. The topological polar surface area (TPSA) is 60.4 Å². The Hall–Kier alpha value is -0.240. The molecule has 0 amide bonds. The number of fused-ring (bicyclic) bond motifs is 1. The van der Waals surface area contributed by atoms with Gasteiger partial charge >= 0.3 is 0 Å². The zero-order valence-corrected chi connectivity index (χ0v) is 23.1. The van der Waals surface area contributed by atoms with Gasteiger partial charge in [0.15, 0.2) is 5.79 Å². The van der Waals surface area contributed by atoms with E-state index in [0.29, 0.717) is 13.2 Å². The second kappa shape index (κ2) is 15.2. The van der Waals surface area contributed by atoms with Gasteiger partial charge in [-0.25, -0.2) is 0 Å². The van der Waals surface area contributed by atoms with Crippen LogP contribution in [-0.4, -0.2) is 72.7 Å². The lowest BCUT2D eigenvalue weighted by molar-refractivity contribution is -0.278. The summed E-state index contributed by atoms with van der Waals surface area (Å²) in [7, 11) is 0. The fourth-order valence-corrected chi connectivity index (χ4v) is 5.99. The molecular weight excluding hydrogens is 442 g/mol. The number of hydrogen-bond acceptors (Lipinski definition) is 6. The van der Waals surface area contributed by atoms with E-state index in [4.69, 9.17) is 18.9 Å². The summed E-state index contributed by atoms with van der Waals surface area (Å²) in [5.74, 6) is -1.77. The SMILES string of the molecule is CCCCCCCCCCCCOC[C@@]12O[C@@H](CCCN3CCCCCC3)[C@@H](O)[C@@H]1OC(C)(C)O2. The minimum Gasteiger partial charge on any atom is -0.387 e. The molecule has 0 bridgehead atoms. The molecule has 3 rings (SSSR count). The molecule has 1 N–H and O–H groups in total. The maximum atomic E-state index is 11.0. The molecule has 0 aliphatic carbocycles. The van der Waals surface area contributed by atoms with Crippen LogP contribution in [0.2, 0.25) is 0 Å². The van der Waals surface area contributed by atoms with Crippen molar-refractivity contribution in [3.63, 3.8) is 0 Å². The molecule has 6 heteroatoms. The van der Waals surface area contributed by atoms with Crippen LogP contribution in [0.25, 0.3) is 0 Å². The lowest BCUT2D eigenvalue weighted by Gasteiger charge is -2.29. The molecule has 0 saturated carbocycles. The first-order chi connectivity index (χ1) is 17.0. The van der Waals surface area contributed by atoms with Crippen LogP contribution in [0.5, 0.6) is 0 Å². The maximum absolute atomic E-state index is 11.0. The Morgan fingerprint density at radius 2 is 1.46 bits per heavy atom. The van der Waals surface area contributed by atoms with Gasteiger partial charge in [0, 0.05) is 6.61 Å². The Kier molecular flexibility index (Phi) is 12.8. The second-order valence-electron chi connectivity index (χ2n) is 11.6. The monoisotopic (exact) mass is 497 g/mol. The summed E-state index contributed by atoms with van der Waals surface area (Å²) in [4.78, 5) is 2.57. The lowest BCUT2D eigenvalue weighted by atomic mass is 10.0. The highest BCUT2D eigenvalue weighted by Gasteiger charge is 2.64. The number of rotatable bonds is 17. The van der Waals surface area contributed by atoms with Gasteiger partial charge in [-0.05, 0) is 65.6 Å². The number of ether oxygens (including phenoxy) is 4. The van der Waals surface area contributed by atoms with Gasteiger partial charge in [0.1, 0.15) is 18.8 Å². The number of aliphatic hydroxyl groups excluding tert-OH is 1. The van der Waals surface area contributed by atoms with Gasteiger partial charge < -0.3 is 29.0 Å². The predicted octanol–water partition coefficient (Wildman–Crippen LogP) is 6.19. The summed E-state index contributed by atoms with van der Waals surface area (Å²) in [5, 5.41) is 11.0. The number of unbranched alkanes of at least 4 members (excludes halogenated alkanes) is 9. The highest BCUT2D eigenvalue weighted by atomic mass is 16.9. The van der Waals surface area contributed by atoms with Crippen LogP contribution in [0.3, 0.4) is 0 Å². The predicted molar refractivity (Wildman–Crippen MR) is 140 cm³/mol. The Labute approximate surface area is 215 Å². The van der Waals surface area contributed by atoms with Crippen LogP contribution in [0.1, 0.15) is 124 Å². The van der Waals surface area contributed by atoms with Crippen molar-refractivity contribution in [1.82, 2.24) is 4.90 Å². The van der Waals surface area contributed by atoms with Crippen molar-refractivity contribution < 1.29 is 24.1 Å². The normalized spacial score (nSPS) is 31.0. The van der Waals surface area contributed by atoms with Gasteiger partial charge in [-0.2, -0.15) is 0 Å². The third-order valence-corrected chi connectivity index (χ3v) is 7.91. The zero-order chi connectivity index (χ0) is 25.0. The van der Waals surface area contributed by atoms with Crippen molar-refractivity contribution in [3.8, 4) is 0 Å². The molecule has 0 radical (unpaired) electrons. The highest BCUT2D eigenvalue weighted by Crippen LogP contribution is 2.46. The number of likely N-dealkylation sites (tertiary alicyclic amines) is 1. The molecule has 6 nitrogen and oxygen atoms in total. The summed E-state index contributed by atoms with van der Waals surface area (Å²) in [5.41, 5.74) is 0. The quantitative estimate of drug-likeness (QED) is 0.242. The van der Waals surface area contributed by atoms with Crippen molar-refractivity contribution in [2.24, 2.45) is 0 Å². The van der Waals surface area contributed by atoms with Crippen LogP contribution in [0.15, 0.2) is 0 Å². The van der Waals surface area contributed by atoms with Crippen molar-refractivity contribution in [2.75, 3.05) is 32.8 Å². The molecule has 206 valence electrons. The molecule has 3 saturated heterocycles. The maximum Gasteiger partial charge on any atom is 0.224 e. The molecule has 3 aliphatic heterocycles.